The van der Waals surface area contributed by atoms with Gasteiger partial charge in [0.25, 0.3) is 0 Å². The van der Waals surface area contributed by atoms with Gasteiger partial charge in [-0.1, -0.05) is 20.8 Å². The van der Waals surface area contributed by atoms with Gasteiger partial charge in [0.2, 0.25) is 5.91 Å². The Kier molecular flexibility index (Phi) is 15.8. The molecule has 0 fully saturated rings. The van der Waals surface area contributed by atoms with E-state index in [1.807, 2.05) is 27.8 Å². The Morgan fingerprint density at radius 2 is 1.85 bits per heavy atom. The summed E-state index contributed by atoms with van der Waals surface area (Å²) in [6, 6.07) is -0.455. The molecule has 3 N–H and O–H groups in total. The number of methoxy groups -OCH3 is 1. The van der Waals surface area contributed by atoms with E-state index >= 15 is 0 Å². The van der Waals surface area contributed by atoms with Crippen LogP contribution in [-0.4, -0.2) is 57.2 Å². The molecule has 0 saturated heterocycles. The van der Waals surface area contributed by atoms with Crippen molar-refractivity contribution in [2.75, 3.05) is 40.4 Å². The third-order valence-corrected chi connectivity index (χ3v) is 2.91. The minimum absolute atomic E-state index is 0. The SMILES string of the molecule is COCCN(C)CCCNC(=O)[C@@H](N)C(C)(C)C.Cl.Cl. The number of carbonyl (C=O) groups excluding carboxylic acids is 1. The van der Waals surface area contributed by atoms with Gasteiger partial charge in [0, 0.05) is 20.2 Å². The number of nitrogens with one attached hydrogen (secondary N) is 1. The number of rotatable bonds is 8. The summed E-state index contributed by atoms with van der Waals surface area (Å²) in [5.74, 6) is -0.0676. The van der Waals surface area contributed by atoms with E-state index in [0.717, 1.165) is 26.1 Å². The zero-order chi connectivity index (χ0) is 14.2. The molecule has 0 rings (SSSR count). The predicted molar refractivity (Wildman–Crippen MR) is 88.9 cm³/mol. The molecule has 0 aliphatic carbocycles. The van der Waals surface area contributed by atoms with Crippen LogP contribution in [0.2, 0.25) is 0 Å². The van der Waals surface area contributed by atoms with Crippen LogP contribution in [0, 0.1) is 5.41 Å². The maximum absolute atomic E-state index is 11.7. The van der Waals surface area contributed by atoms with E-state index in [4.69, 9.17) is 10.5 Å². The second kappa shape index (κ2) is 12.7. The molecule has 0 aromatic carbocycles. The minimum atomic E-state index is -0.455. The van der Waals surface area contributed by atoms with Crippen LogP contribution in [0.3, 0.4) is 0 Å². The van der Waals surface area contributed by atoms with Crippen LogP contribution >= 0.6 is 24.8 Å². The highest BCUT2D eigenvalue weighted by molar-refractivity contribution is 5.85. The van der Waals surface area contributed by atoms with Gasteiger partial charge >= 0.3 is 0 Å². The van der Waals surface area contributed by atoms with Crippen molar-refractivity contribution in [2.24, 2.45) is 11.1 Å². The average molecular weight is 332 g/mol. The summed E-state index contributed by atoms with van der Waals surface area (Å²) in [4.78, 5) is 13.9. The van der Waals surface area contributed by atoms with Crippen LogP contribution < -0.4 is 11.1 Å². The van der Waals surface area contributed by atoms with Crippen molar-refractivity contribution >= 4 is 30.7 Å². The van der Waals surface area contributed by atoms with Crippen LogP contribution in [0.5, 0.6) is 0 Å². The topological polar surface area (TPSA) is 67.6 Å². The lowest BCUT2D eigenvalue weighted by atomic mass is 9.87. The van der Waals surface area contributed by atoms with E-state index in [9.17, 15) is 4.79 Å². The molecule has 0 radical (unpaired) electrons. The predicted octanol–water partition coefficient (Wildman–Crippen LogP) is 1.29. The van der Waals surface area contributed by atoms with Crippen molar-refractivity contribution < 1.29 is 9.53 Å². The summed E-state index contributed by atoms with van der Waals surface area (Å²) in [5.41, 5.74) is 5.67. The molecule has 0 bridgehead atoms. The van der Waals surface area contributed by atoms with Crippen LogP contribution in [0.15, 0.2) is 0 Å². The number of nitrogens with zero attached hydrogens (tertiary/aromatic N) is 1. The molecular weight excluding hydrogens is 301 g/mol. The van der Waals surface area contributed by atoms with Crippen LogP contribution in [0.25, 0.3) is 0 Å². The van der Waals surface area contributed by atoms with E-state index in [1.165, 1.54) is 0 Å². The maximum Gasteiger partial charge on any atom is 0.237 e. The summed E-state index contributed by atoms with van der Waals surface area (Å²) >= 11 is 0. The molecule has 0 aliphatic heterocycles. The Morgan fingerprint density at radius 3 is 2.30 bits per heavy atom. The first-order valence-electron chi connectivity index (χ1n) is 6.49. The third-order valence-electron chi connectivity index (χ3n) is 2.91. The number of likely N-dealkylation sites (N-methyl/N-ethyl adjacent to an activating group) is 1. The number of hydrogen-bond donors (Lipinski definition) is 2. The van der Waals surface area contributed by atoms with E-state index in [0.29, 0.717) is 6.54 Å². The summed E-state index contributed by atoms with van der Waals surface area (Å²) in [6.45, 7) is 9.15. The number of ether oxygens (including phenoxy) is 1. The number of halogens is 2. The molecule has 0 saturated carbocycles. The Balaban J connectivity index is -0.00000144. The molecule has 0 aromatic heterocycles. The van der Waals surface area contributed by atoms with Crippen molar-refractivity contribution in [1.82, 2.24) is 10.2 Å². The van der Waals surface area contributed by atoms with Gasteiger partial charge in [-0.25, -0.2) is 0 Å². The molecule has 0 spiro atoms. The lowest BCUT2D eigenvalue weighted by Crippen LogP contribution is -2.49. The van der Waals surface area contributed by atoms with E-state index in [1.54, 1.807) is 7.11 Å². The van der Waals surface area contributed by atoms with E-state index < -0.39 is 6.04 Å². The van der Waals surface area contributed by atoms with Crippen molar-refractivity contribution in [3.8, 4) is 0 Å². The molecule has 7 heteroatoms. The number of nitrogens with two attached hydrogens (primary N) is 1. The van der Waals surface area contributed by atoms with Crippen molar-refractivity contribution in [2.45, 2.75) is 33.2 Å². The zero-order valence-electron chi connectivity index (χ0n) is 13.3. The van der Waals surface area contributed by atoms with E-state index in [2.05, 4.69) is 10.2 Å². The molecule has 0 unspecified atom stereocenters. The lowest BCUT2D eigenvalue weighted by molar-refractivity contribution is -0.124. The quantitative estimate of drug-likeness (QED) is 0.657. The molecule has 0 heterocycles. The molecule has 1 amide bonds. The number of amides is 1. The Bertz CT molecular complexity index is 248. The standard InChI is InChI=1S/C13H29N3O2.2ClH/c1-13(2,3)11(14)12(17)15-7-6-8-16(4)9-10-18-5;;/h11H,6-10,14H2,1-5H3,(H,15,17);2*1H/t11-;;/m1../s1. The highest BCUT2D eigenvalue weighted by Crippen LogP contribution is 2.16. The van der Waals surface area contributed by atoms with Crippen molar-refractivity contribution in [3.63, 3.8) is 0 Å². The maximum atomic E-state index is 11.7. The molecule has 1 atom stereocenters. The van der Waals surface area contributed by atoms with Gasteiger partial charge in [-0.05, 0) is 25.4 Å². The first-order chi connectivity index (χ1) is 8.29. The minimum Gasteiger partial charge on any atom is -0.383 e. The summed E-state index contributed by atoms with van der Waals surface area (Å²) in [5, 5.41) is 2.88. The Labute approximate surface area is 135 Å². The van der Waals surface area contributed by atoms with Crippen molar-refractivity contribution in [1.29, 1.82) is 0 Å². The molecule has 0 aliphatic rings. The highest BCUT2D eigenvalue weighted by atomic mass is 35.5. The van der Waals surface area contributed by atoms with E-state index in [-0.39, 0.29) is 36.1 Å². The number of carbonyl (C=O) groups is 1. The molecule has 5 nitrogen and oxygen atoms in total. The second-order valence-corrected chi connectivity index (χ2v) is 5.78. The van der Waals surface area contributed by atoms with Gasteiger partial charge in [-0.2, -0.15) is 0 Å². The third kappa shape index (κ3) is 11.7. The van der Waals surface area contributed by atoms with Gasteiger partial charge in [0.05, 0.1) is 12.6 Å². The lowest BCUT2D eigenvalue weighted by Gasteiger charge is -2.26. The fourth-order valence-corrected chi connectivity index (χ4v) is 1.42. The zero-order valence-corrected chi connectivity index (χ0v) is 14.9. The van der Waals surface area contributed by atoms with Gasteiger partial charge < -0.3 is 20.7 Å². The fourth-order valence-electron chi connectivity index (χ4n) is 1.42. The molecule has 0 aromatic rings. The first-order valence-corrected chi connectivity index (χ1v) is 6.49. The summed E-state index contributed by atoms with van der Waals surface area (Å²) in [6.07, 6.45) is 0.919. The Hall–Kier alpha value is -0.0700. The van der Waals surface area contributed by atoms with Crippen LogP contribution in [-0.2, 0) is 9.53 Å². The summed E-state index contributed by atoms with van der Waals surface area (Å²) < 4.78 is 5.00. The van der Waals surface area contributed by atoms with Gasteiger partial charge in [-0.3, -0.25) is 4.79 Å². The summed E-state index contributed by atoms with van der Waals surface area (Å²) in [7, 11) is 3.74. The smallest absolute Gasteiger partial charge is 0.237 e. The van der Waals surface area contributed by atoms with Gasteiger partial charge in [0.15, 0.2) is 0 Å². The first kappa shape index (κ1) is 24.9. The highest BCUT2D eigenvalue weighted by Gasteiger charge is 2.26. The number of hydrogen-bond acceptors (Lipinski definition) is 4. The second-order valence-electron chi connectivity index (χ2n) is 5.78. The van der Waals surface area contributed by atoms with Gasteiger partial charge in [0.1, 0.15) is 0 Å². The molecular formula is C13H31Cl2N3O2. The molecule has 20 heavy (non-hydrogen) atoms. The fraction of sp³-hybridized carbons (Fsp3) is 0.923. The largest absolute Gasteiger partial charge is 0.383 e. The normalized spacial score (nSPS) is 12.3. The van der Waals surface area contributed by atoms with Gasteiger partial charge in [-0.15, -0.1) is 24.8 Å². The molecule has 124 valence electrons. The van der Waals surface area contributed by atoms with Crippen LogP contribution in [0.1, 0.15) is 27.2 Å². The van der Waals surface area contributed by atoms with Crippen LogP contribution in [0.4, 0.5) is 0 Å². The van der Waals surface area contributed by atoms with Crippen molar-refractivity contribution in [3.05, 3.63) is 0 Å². The average Bonchev–Trinajstić information content (AvgIpc) is 2.29. The Morgan fingerprint density at radius 1 is 1.30 bits per heavy atom. The monoisotopic (exact) mass is 331 g/mol.